The van der Waals surface area contributed by atoms with Crippen LogP contribution in [-0.4, -0.2) is 110 Å². The van der Waals surface area contributed by atoms with E-state index in [9.17, 15) is 24.2 Å². The minimum Gasteiger partial charge on any atom is -0.480 e. The summed E-state index contributed by atoms with van der Waals surface area (Å²) in [7, 11) is -4.29. The van der Waals surface area contributed by atoms with Gasteiger partial charge in [-0.3, -0.25) is 23.6 Å². The Balaban J connectivity index is 1.42. The van der Waals surface area contributed by atoms with Gasteiger partial charge < -0.3 is 29.9 Å². The Bertz CT molecular complexity index is 1660. The van der Waals surface area contributed by atoms with Crippen LogP contribution in [0.25, 0.3) is 11.2 Å². The molecule has 1 aliphatic heterocycles. The van der Waals surface area contributed by atoms with Gasteiger partial charge in [0.1, 0.15) is 6.61 Å². The number of nitrogen functional groups attached to an aromatic ring is 1. The molecule has 3 heterocycles. The maximum absolute atomic E-state index is 13.6. The molecule has 1 aliphatic rings. The molecule has 1 saturated heterocycles. The summed E-state index contributed by atoms with van der Waals surface area (Å²) in [5.41, 5.74) is 6.76. The topological polar surface area (TPSA) is 205 Å². The van der Waals surface area contributed by atoms with Gasteiger partial charge in [0, 0.05) is 52.1 Å². The number of aromatic hydroxyl groups is 1. The number of carbonyl (C=O) groups excluding carboxylic acids is 2. The molecule has 0 radical (unpaired) electrons. The van der Waals surface area contributed by atoms with Gasteiger partial charge in [0.2, 0.25) is 0 Å². The number of aromatic nitrogens is 4. The molecular weight excluding hydrogens is 874 g/mol. The van der Waals surface area contributed by atoms with Gasteiger partial charge in [-0.25, -0.2) is 9.24 Å². The lowest BCUT2D eigenvalue weighted by Crippen LogP contribution is -2.46. The van der Waals surface area contributed by atoms with Crippen molar-refractivity contribution in [3.8, 4) is 12.0 Å². The molecule has 1 fully saturated rings. The number of hydrogen-bond donors (Lipinski definition) is 3. The molecule has 67 heavy (non-hydrogen) atoms. The van der Waals surface area contributed by atoms with E-state index in [2.05, 4.69) is 40.6 Å². The number of ether oxygens (including phenoxy) is 3. The second-order valence-corrected chi connectivity index (χ2v) is 20.5. The Hall–Kier alpha value is -3.04. The van der Waals surface area contributed by atoms with Gasteiger partial charge in [0.25, 0.3) is 6.01 Å². The Morgan fingerprint density at radius 3 is 1.61 bits per heavy atom. The summed E-state index contributed by atoms with van der Waals surface area (Å²) < 4.78 is 39.1. The first kappa shape index (κ1) is 58.3. The molecule has 0 amide bonds. The largest absolute Gasteiger partial charge is 0.480 e. The fourth-order valence-corrected chi connectivity index (χ4v) is 9.69. The quantitative estimate of drug-likeness (QED) is 0.0322. The van der Waals surface area contributed by atoms with Crippen LogP contribution < -0.4 is 10.5 Å². The van der Waals surface area contributed by atoms with Crippen LogP contribution in [0.3, 0.4) is 0 Å². The zero-order chi connectivity index (χ0) is 48.4. The highest BCUT2D eigenvalue weighted by molar-refractivity contribution is 7.50. The van der Waals surface area contributed by atoms with E-state index in [0.717, 1.165) is 51.4 Å². The van der Waals surface area contributed by atoms with Crippen molar-refractivity contribution in [3.63, 3.8) is 0 Å². The number of rotatable bonds is 42. The number of hydrogen-bond acceptors (Lipinski definition) is 13. The number of unbranched alkanes of at least 4 members (excludes halogenated alkanes) is 25. The van der Waals surface area contributed by atoms with Gasteiger partial charge in [-0.2, -0.15) is 15.0 Å². The van der Waals surface area contributed by atoms with Crippen LogP contribution in [0, 0.1) is 0 Å². The number of carbonyl (C=O) groups is 2. The van der Waals surface area contributed by atoms with Crippen LogP contribution in [0.5, 0.6) is 12.0 Å². The summed E-state index contributed by atoms with van der Waals surface area (Å²) in [6, 6.07) is -0.111. The second-order valence-electron chi connectivity index (χ2n) is 18.7. The van der Waals surface area contributed by atoms with E-state index < -0.39 is 19.8 Å². The van der Waals surface area contributed by atoms with Gasteiger partial charge in [0.15, 0.2) is 23.1 Å². The zero-order valence-electron chi connectivity index (χ0n) is 42.1. The van der Waals surface area contributed by atoms with Crippen molar-refractivity contribution >= 4 is 36.7 Å². The summed E-state index contributed by atoms with van der Waals surface area (Å²) in [5.74, 6) is -0.692. The molecule has 0 aromatic carbocycles. The monoisotopic (exact) mass is 966 g/mol. The van der Waals surface area contributed by atoms with E-state index in [1.807, 2.05) is 0 Å². The molecule has 0 bridgehead atoms. The van der Waals surface area contributed by atoms with Crippen molar-refractivity contribution in [2.45, 2.75) is 226 Å². The minimum atomic E-state index is -4.29. The second kappa shape index (κ2) is 36.0. The number of esters is 2. The van der Waals surface area contributed by atoms with Crippen LogP contribution in [0.15, 0.2) is 0 Å². The van der Waals surface area contributed by atoms with Gasteiger partial charge in [-0.1, -0.05) is 181 Å². The normalized spacial score (nSPS) is 14.9. The highest BCUT2D eigenvalue weighted by Gasteiger charge is 2.34. The SMILES string of the molecule is CCCCCCCCCCCCCCCC(=O)OC[C@H](COP(=O)(O)N1CCN(CCn2c(O)nc3c(N)nc(OCCCC)nc32)CC1)OC(=O)CCCCCCCCCCCCCCC. The zero-order valence-corrected chi connectivity index (χ0v) is 43.0. The number of fused-ring (bicyclic) bond motifs is 1. The highest BCUT2D eigenvalue weighted by Crippen LogP contribution is 2.47. The number of anilines is 1. The van der Waals surface area contributed by atoms with E-state index in [-0.39, 0.29) is 68.5 Å². The standard InChI is InChI=1S/C50H92N7O9P/c1-4-7-10-12-14-16-18-20-22-24-26-28-30-32-44(58)64-41-43(66-45(59)33-31-29-27-25-23-21-19-17-15-13-11-8-5-2)42-65-67(61,62)56-37-34-55(35-38-56)36-39-57-48-46(52-50(57)60)47(51)53-49(54-48)63-40-9-6-3/h43H,4-42H2,1-3H3,(H,52,60)(H,61,62)(H2,51,53,54)/t43-/m1/s1. The van der Waals surface area contributed by atoms with Gasteiger partial charge in [-0.15, -0.1) is 0 Å². The van der Waals surface area contributed by atoms with Crippen molar-refractivity contribution in [2.75, 3.05) is 58.3 Å². The molecule has 1 unspecified atom stereocenters. The van der Waals surface area contributed by atoms with Crippen molar-refractivity contribution in [2.24, 2.45) is 0 Å². The molecule has 0 spiro atoms. The number of nitrogens with zero attached hydrogens (tertiary/aromatic N) is 6. The smallest absolute Gasteiger partial charge is 0.405 e. The average molecular weight is 966 g/mol. The predicted octanol–water partition coefficient (Wildman–Crippen LogP) is 11.4. The molecule has 386 valence electrons. The number of imidazole rings is 1. The van der Waals surface area contributed by atoms with E-state index in [1.165, 1.54) is 127 Å². The third kappa shape index (κ3) is 25.4. The molecule has 4 N–H and O–H groups in total. The van der Waals surface area contributed by atoms with E-state index >= 15 is 0 Å². The Morgan fingerprint density at radius 2 is 1.10 bits per heavy atom. The van der Waals surface area contributed by atoms with Crippen LogP contribution in [0.2, 0.25) is 0 Å². The average Bonchev–Trinajstić information content (AvgIpc) is 3.64. The number of nitrogens with two attached hydrogens (primary N) is 1. The summed E-state index contributed by atoms with van der Waals surface area (Å²) in [5, 5.41) is 10.6. The molecule has 16 nitrogen and oxygen atoms in total. The molecular formula is C50H92N7O9P. The lowest BCUT2D eigenvalue weighted by molar-refractivity contribution is -0.161. The van der Waals surface area contributed by atoms with Crippen molar-refractivity contribution in [1.82, 2.24) is 29.1 Å². The van der Waals surface area contributed by atoms with Crippen LogP contribution >= 0.6 is 7.75 Å². The fourth-order valence-electron chi connectivity index (χ4n) is 8.48. The molecule has 2 aromatic rings. The maximum atomic E-state index is 13.6. The first-order valence-corrected chi connectivity index (χ1v) is 28.3. The third-order valence-corrected chi connectivity index (χ3v) is 14.4. The van der Waals surface area contributed by atoms with Crippen LogP contribution in [0.1, 0.15) is 213 Å². The molecule has 2 atom stereocenters. The van der Waals surface area contributed by atoms with Gasteiger partial charge >= 0.3 is 25.7 Å². The fraction of sp³-hybridized carbons (Fsp3) is 0.860. The van der Waals surface area contributed by atoms with Crippen LogP contribution in [-0.2, 0) is 34.7 Å². The number of piperazine rings is 1. The van der Waals surface area contributed by atoms with E-state index in [4.69, 9.17) is 24.5 Å². The lowest BCUT2D eigenvalue weighted by Gasteiger charge is -2.36. The van der Waals surface area contributed by atoms with E-state index in [0.29, 0.717) is 44.9 Å². The Kier molecular flexibility index (Phi) is 31.3. The molecule has 3 rings (SSSR count). The Labute approximate surface area is 403 Å². The molecule has 0 aliphatic carbocycles. The molecule has 0 saturated carbocycles. The maximum Gasteiger partial charge on any atom is 0.405 e. The van der Waals surface area contributed by atoms with E-state index in [1.54, 1.807) is 4.57 Å². The lowest BCUT2D eigenvalue weighted by atomic mass is 10.0. The summed E-state index contributed by atoms with van der Waals surface area (Å²) in [6.07, 6.45) is 32.6. The molecule has 2 aromatic heterocycles. The van der Waals surface area contributed by atoms with Crippen LogP contribution in [0.4, 0.5) is 5.82 Å². The minimum absolute atomic E-state index is 0.118. The van der Waals surface area contributed by atoms with Crippen molar-refractivity contribution in [3.05, 3.63) is 0 Å². The summed E-state index contributed by atoms with van der Waals surface area (Å²) >= 11 is 0. The third-order valence-electron chi connectivity index (χ3n) is 12.8. The van der Waals surface area contributed by atoms with Crippen molar-refractivity contribution < 1.29 is 42.9 Å². The summed E-state index contributed by atoms with van der Waals surface area (Å²) in [4.78, 5) is 51.7. The molecule has 17 heteroatoms. The van der Waals surface area contributed by atoms with Gasteiger partial charge in [-0.05, 0) is 19.3 Å². The van der Waals surface area contributed by atoms with Crippen molar-refractivity contribution in [1.29, 1.82) is 0 Å². The Morgan fingerprint density at radius 1 is 0.627 bits per heavy atom. The summed E-state index contributed by atoms with van der Waals surface area (Å²) in [6.45, 7) is 8.61. The first-order chi connectivity index (χ1) is 32.6. The van der Waals surface area contributed by atoms with Gasteiger partial charge in [0.05, 0.1) is 13.2 Å². The highest BCUT2D eigenvalue weighted by atomic mass is 31.2. The first-order valence-electron chi connectivity index (χ1n) is 26.7. The predicted molar refractivity (Wildman–Crippen MR) is 267 cm³/mol.